The first-order chi connectivity index (χ1) is 8.79. The molecule has 0 atom stereocenters. The SMILES string of the molecule is COCc1cccc(CNCc2nonc2C)c1. The summed E-state index contributed by atoms with van der Waals surface area (Å²) in [6.07, 6.45) is 0. The van der Waals surface area contributed by atoms with E-state index < -0.39 is 0 Å². The zero-order valence-corrected chi connectivity index (χ0v) is 10.6. The number of methoxy groups -OCH3 is 1. The van der Waals surface area contributed by atoms with E-state index in [9.17, 15) is 0 Å². The van der Waals surface area contributed by atoms with Crippen molar-refractivity contribution >= 4 is 0 Å². The molecule has 0 spiro atoms. The smallest absolute Gasteiger partial charge is 0.121 e. The highest BCUT2D eigenvalue weighted by Crippen LogP contribution is 2.07. The van der Waals surface area contributed by atoms with Gasteiger partial charge < -0.3 is 10.1 Å². The molecule has 2 aromatic rings. The number of hydrogen-bond acceptors (Lipinski definition) is 5. The highest BCUT2D eigenvalue weighted by atomic mass is 16.6. The topological polar surface area (TPSA) is 60.2 Å². The fourth-order valence-electron chi connectivity index (χ4n) is 1.73. The lowest BCUT2D eigenvalue weighted by molar-refractivity contribution is 0.185. The summed E-state index contributed by atoms with van der Waals surface area (Å²) in [5.41, 5.74) is 4.08. The maximum atomic E-state index is 5.11. The molecule has 0 unspecified atom stereocenters. The molecule has 0 saturated carbocycles. The van der Waals surface area contributed by atoms with Crippen molar-refractivity contribution in [1.29, 1.82) is 0 Å². The number of aryl methyl sites for hydroxylation is 1. The predicted molar refractivity (Wildman–Crippen MR) is 66.7 cm³/mol. The van der Waals surface area contributed by atoms with Gasteiger partial charge in [-0.1, -0.05) is 34.6 Å². The Hall–Kier alpha value is -1.72. The van der Waals surface area contributed by atoms with E-state index in [1.807, 2.05) is 13.0 Å². The first kappa shape index (κ1) is 12.7. The van der Waals surface area contributed by atoms with E-state index in [4.69, 9.17) is 4.74 Å². The molecule has 1 aromatic carbocycles. The van der Waals surface area contributed by atoms with Crippen LogP contribution in [-0.4, -0.2) is 17.4 Å². The van der Waals surface area contributed by atoms with Crippen molar-refractivity contribution in [1.82, 2.24) is 15.6 Å². The van der Waals surface area contributed by atoms with Gasteiger partial charge in [0.1, 0.15) is 11.4 Å². The van der Waals surface area contributed by atoms with Crippen molar-refractivity contribution in [2.75, 3.05) is 7.11 Å². The van der Waals surface area contributed by atoms with Gasteiger partial charge in [-0.15, -0.1) is 0 Å². The highest BCUT2D eigenvalue weighted by Gasteiger charge is 2.04. The average Bonchev–Trinajstić information content (AvgIpc) is 2.76. The fourth-order valence-corrected chi connectivity index (χ4v) is 1.73. The van der Waals surface area contributed by atoms with Gasteiger partial charge in [-0.25, -0.2) is 4.63 Å². The third-order valence-electron chi connectivity index (χ3n) is 2.67. The first-order valence-electron chi connectivity index (χ1n) is 5.85. The lowest BCUT2D eigenvalue weighted by Gasteiger charge is -2.05. The standard InChI is InChI=1S/C13H17N3O2/c1-10-13(16-18-15-10)8-14-7-11-4-3-5-12(6-11)9-17-2/h3-6,14H,7-9H2,1-2H3. The van der Waals surface area contributed by atoms with Crippen molar-refractivity contribution < 1.29 is 9.37 Å². The summed E-state index contributed by atoms with van der Waals surface area (Å²) in [6, 6.07) is 8.30. The van der Waals surface area contributed by atoms with E-state index in [0.717, 1.165) is 17.9 Å². The number of hydrogen-bond donors (Lipinski definition) is 1. The number of nitrogens with one attached hydrogen (secondary N) is 1. The molecule has 18 heavy (non-hydrogen) atoms. The Kier molecular flexibility index (Phi) is 4.44. The second-order valence-corrected chi connectivity index (χ2v) is 4.15. The minimum Gasteiger partial charge on any atom is -0.380 e. The molecule has 0 bridgehead atoms. The first-order valence-corrected chi connectivity index (χ1v) is 5.85. The quantitative estimate of drug-likeness (QED) is 0.843. The molecule has 0 saturated heterocycles. The molecule has 1 heterocycles. The van der Waals surface area contributed by atoms with Gasteiger partial charge in [-0.3, -0.25) is 0 Å². The molecule has 0 aliphatic heterocycles. The Balaban J connectivity index is 1.86. The van der Waals surface area contributed by atoms with E-state index in [0.29, 0.717) is 13.2 Å². The van der Waals surface area contributed by atoms with Crippen LogP contribution in [0.5, 0.6) is 0 Å². The molecule has 0 fully saturated rings. The highest BCUT2D eigenvalue weighted by molar-refractivity contribution is 5.23. The summed E-state index contributed by atoms with van der Waals surface area (Å²) in [7, 11) is 1.70. The Bertz CT molecular complexity index is 496. The van der Waals surface area contributed by atoms with Gasteiger partial charge in [0, 0.05) is 20.2 Å². The van der Waals surface area contributed by atoms with Crippen LogP contribution in [0, 0.1) is 6.92 Å². The van der Waals surface area contributed by atoms with Crippen LogP contribution in [0.2, 0.25) is 0 Å². The molecular weight excluding hydrogens is 230 g/mol. The zero-order chi connectivity index (χ0) is 12.8. The van der Waals surface area contributed by atoms with Crippen molar-refractivity contribution in [2.24, 2.45) is 0 Å². The molecule has 0 amide bonds. The van der Waals surface area contributed by atoms with E-state index >= 15 is 0 Å². The van der Waals surface area contributed by atoms with Gasteiger partial charge >= 0.3 is 0 Å². The maximum absolute atomic E-state index is 5.11. The van der Waals surface area contributed by atoms with Crippen LogP contribution in [0.3, 0.4) is 0 Å². The predicted octanol–water partition coefficient (Wildman–Crippen LogP) is 1.81. The van der Waals surface area contributed by atoms with E-state index in [-0.39, 0.29) is 0 Å². The number of nitrogens with zero attached hydrogens (tertiary/aromatic N) is 2. The van der Waals surface area contributed by atoms with Crippen LogP contribution >= 0.6 is 0 Å². The minimum atomic E-state index is 0.639. The maximum Gasteiger partial charge on any atom is 0.121 e. The van der Waals surface area contributed by atoms with Gasteiger partial charge in [0.15, 0.2) is 0 Å². The number of benzene rings is 1. The van der Waals surface area contributed by atoms with E-state index in [2.05, 4.69) is 38.5 Å². The molecule has 1 aromatic heterocycles. The summed E-state index contributed by atoms with van der Waals surface area (Å²) in [5, 5.41) is 10.9. The van der Waals surface area contributed by atoms with Crippen molar-refractivity contribution in [3.05, 3.63) is 46.8 Å². The molecule has 0 radical (unpaired) electrons. The summed E-state index contributed by atoms with van der Waals surface area (Å²) in [6.45, 7) is 3.96. The molecule has 0 aliphatic carbocycles. The zero-order valence-electron chi connectivity index (χ0n) is 10.6. The molecule has 5 heteroatoms. The monoisotopic (exact) mass is 247 g/mol. The van der Waals surface area contributed by atoms with E-state index in [1.165, 1.54) is 11.1 Å². The van der Waals surface area contributed by atoms with Crippen molar-refractivity contribution in [3.8, 4) is 0 Å². The third kappa shape index (κ3) is 3.38. The Morgan fingerprint density at radius 3 is 2.78 bits per heavy atom. The molecule has 2 rings (SSSR count). The molecular formula is C13H17N3O2. The normalized spacial score (nSPS) is 10.8. The van der Waals surface area contributed by atoms with Crippen molar-refractivity contribution in [3.63, 3.8) is 0 Å². The van der Waals surface area contributed by atoms with Crippen molar-refractivity contribution in [2.45, 2.75) is 26.6 Å². The summed E-state index contributed by atoms with van der Waals surface area (Å²) >= 11 is 0. The van der Waals surface area contributed by atoms with Gasteiger partial charge in [0.05, 0.1) is 6.61 Å². The Morgan fingerprint density at radius 1 is 1.22 bits per heavy atom. The fraction of sp³-hybridized carbons (Fsp3) is 0.385. The van der Waals surface area contributed by atoms with Gasteiger partial charge in [0.2, 0.25) is 0 Å². The Morgan fingerprint density at radius 2 is 2.06 bits per heavy atom. The van der Waals surface area contributed by atoms with Gasteiger partial charge in [-0.2, -0.15) is 0 Å². The molecule has 96 valence electrons. The van der Waals surface area contributed by atoms with Crippen LogP contribution in [0.4, 0.5) is 0 Å². The lowest BCUT2D eigenvalue weighted by Crippen LogP contribution is -2.13. The van der Waals surface area contributed by atoms with Crippen LogP contribution < -0.4 is 5.32 Å². The molecule has 5 nitrogen and oxygen atoms in total. The largest absolute Gasteiger partial charge is 0.380 e. The van der Waals surface area contributed by atoms with E-state index in [1.54, 1.807) is 7.11 Å². The second-order valence-electron chi connectivity index (χ2n) is 4.15. The van der Waals surface area contributed by atoms with Crippen LogP contribution in [0.15, 0.2) is 28.9 Å². The van der Waals surface area contributed by atoms with Crippen LogP contribution in [0.1, 0.15) is 22.5 Å². The van der Waals surface area contributed by atoms with Gasteiger partial charge in [-0.05, 0) is 18.1 Å². The second kappa shape index (κ2) is 6.28. The Labute approximate surface area is 106 Å². The third-order valence-corrected chi connectivity index (χ3v) is 2.67. The van der Waals surface area contributed by atoms with Crippen LogP contribution in [0.25, 0.3) is 0 Å². The van der Waals surface area contributed by atoms with Crippen LogP contribution in [-0.2, 0) is 24.4 Å². The number of ether oxygens (including phenoxy) is 1. The summed E-state index contributed by atoms with van der Waals surface area (Å²) in [4.78, 5) is 0. The van der Waals surface area contributed by atoms with Gasteiger partial charge in [0.25, 0.3) is 0 Å². The average molecular weight is 247 g/mol. The summed E-state index contributed by atoms with van der Waals surface area (Å²) in [5.74, 6) is 0. The number of rotatable bonds is 6. The minimum absolute atomic E-state index is 0.639. The summed E-state index contributed by atoms with van der Waals surface area (Å²) < 4.78 is 9.75. The molecule has 1 N–H and O–H groups in total. The number of aromatic nitrogens is 2. The molecule has 0 aliphatic rings. The lowest BCUT2D eigenvalue weighted by atomic mass is 10.1.